The average Bonchev–Trinajstić information content (AvgIpc) is 2.78. The van der Waals surface area contributed by atoms with E-state index in [0.29, 0.717) is 17.3 Å². The second-order valence-corrected chi connectivity index (χ2v) is 6.95. The van der Waals surface area contributed by atoms with Crippen LogP contribution in [0, 0.1) is 0 Å². The van der Waals surface area contributed by atoms with Crippen LogP contribution in [0.15, 0.2) is 42.6 Å². The summed E-state index contributed by atoms with van der Waals surface area (Å²) < 4.78 is 10.7. The molecule has 7 nitrogen and oxygen atoms in total. The molecule has 2 heterocycles. The van der Waals surface area contributed by atoms with Crippen LogP contribution >= 0.6 is 0 Å². The minimum atomic E-state index is -0.589. The maximum absolute atomic E-state index is 12.6. The van der Waals surface area contributed by atoms with E-state index in [1.807, 2.05) is 29.2 Å². The van der Waals surface area contributed by atoms with Gasteiger partial charge >= 0.3 is 5.97 Å². The fraction of sp³-hybridized carbons (Fsp3) is 0.409. The van der Waals surface area contributed by atoms with Crippen molar-refractivity contribution in [2.45, 2.75) is 38.6 Å². The monoisotopic (exact) mass is 397 g/mol. The lowest BCUT2D eigenvalue weighted by atomic mass is 10.00. The van der Waals surface area contributed by atoms with Crippen molar-refractivity contribution in [3.8, 4) is 5.75 Å². The van der Waals surface area contributed by atoms with Crippen LogP contribution in [0.2, 0.25) is 0 Å². The van der Waals surface area contributed by atoms with E-state index in [0.717, 1.165) is 32.2 Å². The van der Waals surface area contributed by atoms with Crippen LogP contribution in [-0.4, -0.2) is 48.1 Å². The van der Waals surface area contributed by atoms with Crippen molar-refractivity contribution in [2.75, 3.05) is 25.6 Å². The Morgan fingerprint density at radius 3 is 2.83 bits per heavy atom. The van der Waals surface area contributed by atoms with Gasteiger partial charge in [-0.15, -0.1) is 0 Å². The van der Waals surface area contributed by atoms with Gasteiger partial charge in [-0.05, 0) is 49.9 Å². The van der Waals surface area contributed by atoms with Gasteiger partial charge in [0.1, 0.15) is 17.1 Å². The van der Waals surface area contributed by atoms with Gasteiger partial charge in [-0.3, -0.25) is 4.79 Å². The molecule has 1 unspecified atom stereocenters. The number of likely N-dealkylation sites (tertiary alicyclic amines) is 1. The van der Waals surface area contributed by atoms with Gasteiger partial charge in [-0.25, -0.2) is 9.78 Å². The van der Waals surface area contributed by atoms with E-state index in [1.165, 1.54) is 0 Å². The molecule has 2 aromatic rings. The van der Waals surface area contributed by atoms with Gasteiger partial charge in [0.05, 0.1) is 12.8 Å². The number of piperidine rings is 1. The molecule has 1 saturated heterocycles. The minimum Gasteiger partial charge on any atom is -0.495 e. The first kappa shape index (κ1) is 20.6. The van der Waals surface area contributed by atoms with E-state index in [9.17, 15) is 9.59 Å². The molecule has 1 atom stereocenters. The molecule has 7 heteroatoms. The number of para-hydroxylation sites is 2. The Morgan fingerprint density at radius 1 is 1.21 bits per heavy atom. The SMILES string of the molecule is CCC1CCCCN1C(=O)COC(=O)c1cccnc1Nc1ccccc1OC. The Labute approximate surface area is 171 Å². The fourth-order valence-corrected chi connectivity index (χ4v) is 3.59. The van der Waals surface area contributed by atoms with Crippen molar-refractivity contribution in [3.05, 3.63) is 48.2 Å². The lowest BCUT2D eigenvalue weighted by Gasteiger charge is -2.35. The van der Waals surface area contributed by atoms with E-state index in [1.54, 1.807) is 25.4 Å². The molecule has 1 amide bonds. The Morgan fingerprint density at radius 2 is 2.03 bits per heavy atom. The van der Waals surface area contributed by atoms with E-state index in [-0.39, 0.29) is 24.1 Å². The Bertz CT molecular complexity index is 855. The number of nitrogens with zero attached hydrogens (tertiary/aromatic N) is 2. The van der Waals surface area contributed by atoms with Gasteiger partial charge in [0, 0.05) is 18.8 Å². The van der Waals surface area contributed by atoms with Crippen LogP contribution < -0.4 is 10.1 Å². The van der Waals surface area contributed by atoms with Crippen LogP contribution in [-0.2, 0) is 9.53 Å². The average molecular weight is 397 g/mol. The van der Waals surface area contributed by atoms with Crippen LogP contribution in [0.1, 0.15) is 43.0 Å². The van der Waals surface area contributed by atoms with Crippen molar-refractivity contribution >= 4 is 23.4 Å². The zero-order valence-electron chi connectivity index (χ0n) is 16.9. The second-order valence-electron chi connectivity index (χ2n) is 6.95. The van der Waals surface area contributed by atoms with Gasteiger partial charge in [-0.2, -0.15) is 0 Å². The highest BCUT2D eigenvalue weighted by atomic mass is 16.5. The predicted molar refractivity (Wildman–Crippen MR) is 110 cm³/mol. The van der Waals surface area contributed by atoms with E-state index in [2.05, 4.69) is 17.2 Å². The van der Waals surface area contributed by atoms with Crippen molar-refractivity contribution < 1.29 is 19.1 Å². The van der Waals surface area contributed by atoms with Gasteiger partial charge < -0.3 is 19.7 Å². The maximum atomic E-state index is 12.6. The fourth-order valence-electron chi connectivity index (χ4n) is 3.59. The smallest absolute Gasteiger partial charge is 0.342 e. The Kier molecular flexibility index (Phi) is 7.05. The number of amides is 1. The lowest BCUT2D eigenvalue weighted by molar-refractivity contribution is -0.138. The molecule has 1 aromatic heterocycles. The third-order valence-corrected chi connectivity index (χ3v) is 5.13. The minimum absolute atomic E-state index is 0.145. The van der Waals surface area contributed by atoms with Crippen LogP contribution in [0.25, 0.3) is 0 Å². The summed E-state index contributed by atoms with van der Waals surface area (Å²) in [6.07, 6.45) is 5.63. The van der Waals surface area contributed by atoms with Gasteiger partial charge in [0.25, 0.3) is 5.91 Å². The molecule has 0 spiro atoms. The molecule has 154 valence electrons. The zero-order valence-corrected chi connectivity index (χ0v) is 16.9. The maximum Gasteiger partial charge on any atom is 0.342 e. The number of pyridine rings is 1. The molecule has 1 aliphatic rings. The van der Waals surface area contributed by atoms with Crippen LogP contribution in [0.3, 0.4) is 0 Å². The first-order valence-corrected chi connectivity index (χ1v) is 9.95. The van der Waals surface area contributed by atoms with Crippen molar-refractivity contribution in [1.82, 2.24) is 9.88 Å². The molecule has 0 saturated carbocycles. The number of nitrogens with one attached hydrogen (secondary N) is 1. The highest BCUT2D eigenvalue weighted by molar-refractivity contribution is 5.96. The van der Waals surface area contributed by atoms with Crippen molar-refractivity contribution in [3.63, 3.8) is 0 Å². The summed E-state index contributed by atoms with van der Waals surface area (Å²) in [5, 5.41) is 3.11. The van der Waals surface area contributed by atoms with Crippen molar-refractivity contribution in [1.29, 1.82) is 0 Å². The summed E-state index contributed by atoms with van der Waals surface area (Å²) in [7, 11) is 1.57. The van der Waals surface area contributed by atoms with Crippen LogP contribution in [0.5, 0.6) is 5.75 Å². The number of benzene rings is 1. The number of carbonyl (C=O) groups is 2. The molecule has 1 N–H and O–H groups in total. The zero-order chi connectivity index (χ0) is 20.6. The summed E-state index contributed by atoms with van der Waals surface area (Å²) in [4.78, 5) is 31.3. The molecule has 1 aliphatic heterocycles. The molecule has 0 aliphatic carbocycles. The van der Waals surface area contributed by atoms with E-state index in [4.69, 9.17) is 9.47 Å². The molecule has 3 rings (SSSR count). The van der Waals surface area contributed by atoms with Gasteiger partial charge in [0.15, 0.2) is 6.61 Å². The van der Waals surface area contributed by atoms with Crippen LogP contribution in [0.4, 0.5) is 11.5 Å². The van der Waals surface area contributed by atoms with E-state index >= 15 is 0 Å². The summed E-state index contributed by atoms with van der Waals surface area (Å²) in [6, 6.07) is 10.9. The summed E-state index contributed by atoms with van der Waals surface area (Å²) in [5.74, 6) is 0.240. The number of esters is 1. The molecular weight excluding hydrogens is 370 g/mol. The number of aromatic nitrogens is 1. The predicted octanol–water partition coefficient (Wildman–Crippen LogP) is 3.78. The normalized spacial score (nSPS) is 16.2. The third-order valence-electron chi connectivity index (χ3n) is 5.13. The highest BCUT2D eigenvalue weighted by Gasteiger charge is 2.26. The van der Waals surface area contributed by atoms with Gasteiger partial charge in [0.2, 0.25) is 0 Å². The largest absolute Gasteiger partial charge is 0.495 e. The van der Waals surface area contributed by atoms with E-state index < -0.39 is 5.97 Å². The first-order valence-electron chi connectivity index (χ1n) is 9.95. The number of anilines is 2. The topological polar surface area (TPSA) is 80.8 Å². The Hall–Kier alpha value is -3.09. The molecule has 1 fully saturated rings. The van der Waals surface area contributed by atoms with Crippen molar-refractivity contribution in [2.24, 2.45) is 0 Å². The first-order chi connectivity index (χ1) is 14.1. The number of ether oxygens (including phenoxy) is 2. The third kappa shape index (κ3) is 5.04. The number of rotatable bonds is 7. The van der Waals surface area contributed by atoms with Gasteiger partial charge in [-0.1, -0.05) is 19.1 Å². The number of carbonyl (C=O) groups excluding carboxylic acids is 2. The number of methoxy groups -OCH3 is 1. The molecular formula is C22H27N3O4. The Balaban J connectivity index is 1.68. The lowest BCUT2D eigenvalue weighted by Crippen LogP contribution is -2.45. The molecule has 29 heavy (non-hydrogen) atoms. The second kappa shape index (κ2) is 9.91. The molecule has 1 aromatic carbocycles. The summed E-state index contributed by atoms with van der Waals surface area (Å²) >= 11 is 0. The summed E-state index contributed by atoms with van der Waals surface area (Å²) in [6.45, 7) is 2.54. The highest BCUT2D eigenvalue weighted by Crippen LogP contribution is 2.28. The standard InChI is InChI=1S/C22H27N3O4/c1-3-16-9-6-7-14-25(16)20(26)15-29-22(27)17-10-8-13-23-21(17)24-18-11-4-5-12-19(18)28-2/h4-5,8,10-13,16H,3,6-7,9,14-15H2,1-2H3,(H,23,24). The number of hydrogen-bond acceptors (Lipinski definition) is 6. The molecule has 0 bridgehead atoms. The molecule has 0 radical (unpaired) electrons. The summed E-state index contributed by atoms with van der Waals surface area (Å²) in [5.41, 5.74) is 0.940. The number of hydrogen-bond donors (Lipinski definition) is 1. The quantitative estimate of drug-likeness (QED) is 0.716.